The first-order valence-corrected chi connectivity index (χ1v) is 6.39. The normalized spacial score (nSPS) is 15.6. The lowest BCUT2D eigenvalue weighted by Crippen LogP contribution is -2.15. The van der Waals surface area contributed by atoms with Crippen molar-refractivity contribution in [3.63, 3.8) is 0 Å². The fourth-order valence-corrected chi connectivity index (χ4v) is 1.89. The van der Waals surface area contributed by atoms with Crippen molar-refractivity contribution < 1.29 is 17.7 Å². The molecule has 0 aliphatic heterocycles. The van der Waals surface area contributed by atoms with E-state index in [9.17, 15) is 13.2 Å². The first-order chi connectivity index (χ1) is 9.52. The fourth-order valence-electron chi connectivity index (χ4n) is 1.89. The Morgan fingerprint density at radius 1 is 1.20 bits per heavy atom. The predicted octanol–water partition coefficient (Wildman–Crippen LogP) is 3.61. The van der Waals surface area contributed by atoms with E-state index in [-0.39, 0.29) is 0 Å². The summed E-state index contributed by atoms with van der Waals surface area (Å²) in [5.41, 5.74) is 0.673. The molecule has 3 nitrogen and oxygen atoms in total. The van der Waals surface area contributed by atoms with Crippen LogP contribution in [0.25, 0.3) is 11.3 Å². The quantitative estimate of drug-likeness (QED) is 0.931. The third-order valence-corrected chi connectivity index (χ3v) is 3.20. The van der Waals surface area contributed by atoms with Crippen molar-refractivity contribution in [2.24, 2.45) is 0 Å². The zero-order valence-electron chi connectivity index (χ0n) is 10.6. The molecule has 0 amide bonds. The van der Waals surface area contributed by atoms with Crippen LogP contribution in [0, 0.1) is 0 Å². The number of rotatable bonds is 4. The van der Waals surface area contributed by atoms with Gasteiger partial charge in [-0.25, -0.2) is 0 Å². The van der Waals surface area contributed by atoms with Crippen LogP contribution in [0.3, 0.4) is 0 Å². The Morgan fingerprint density at radius 3 is 2.50 bits per heavy atom. The van der Waals surface area contributed by atoms with Gasteiger partial charge in [0.1, 0.15) is 0 Å². The average Bonchev–Trinajstić information content (AvgIpc) is 3.13. The van der Waals surface area contributed by atoms with Crippen LogP contribution in [0.4, 0.5) is 13.2 Å². The van der Waals surface area contributed by atoms with Crippen LogP contribution in [-0.2, 0) is 12.7 Å². The van der Waals surface area contributed by atoms with Gasteiger partial charge in [0.25, 0.3) is 0 Å². The first kappa shape index (κ1) is 13.2. The molecular weight excluding hydrogens is 269 g/mol. The van der Waals surface area contributed by atoms with E-state index in [4.69, 9.17) is 4.52 Å². The van der Waals surface area contributed by atoms with E-state index in [1.165, 1.54) is 25.0 Å². The highest BCUT2D eigenvalue weighted by molar-refractivity contribution is 5.57. The summed E-state index contributed by atoms with van der Waals surface area (Å²) in [6.45, 7) is 0.620. The third-order valence-electron chi connectivity index (χ3n) is 3.20. The molecule has 1 heterocycles. The summed E-state index contributed by atoms with van der Waals surface area (Å²) in [5.74, 6) is 0.478. The molecule has 1 aliphatic rings. The summed E-state index contributed by atoms with van der Waals surface area (Å²) in [6, 6.07) is 7.18. The maximum Gasteiger partial charge on any atom is 0.416 e. The molecule has 1 aromatic heterocycles. The zero-order valence-corrected chi connectivity index (χ0v) is 10.6. The monoisotopic (exact) mass is 282 g/mol. The average molecular weight is 282 g/mol. The molecule has 106 valence electrons. The van der Waals surface area contributed by atoms with E-state index >= 15 is 0 Å². The number of hydrogen-bond donors (Lipinski definition) is 1. The number of hydrogen-bond acceptors (Lipinski definition) is 3. The Labute approximate surface area is 113 Å². The van der Waals surface area contributed by atoms with Crippen LogP contribution in [0.15, 0.2) is 34.9 Å². The maximum absolute atomic E-state index is 12.5. The molecule has 1 aliphatic carbocycles. The maximum atomic E-state index is 12.5. The molecule has 3 rings (SSSR count). The van der Waals surface area contributed by atoms with E-state index in [0.29, 0.717) is 23.9 Å². The van der Waals surface area contributed by atoms with E-state index in [2.05, 4.69) is 10.5 Å². The van der Waals surface area contributed by atoms with Gasteiger partial charge in [0, 0.05) is 24.2 Å². The van der Waals surface area contributed by atoms with Crippen molar-refractivity contribution in [1.29, 1.82) is 0 Å². The molecule has 20 heavy (non-hydrogen) atoms. The van der Waals surface area contributed by atoms with E-state index < -0.39 is 11.7 Å². The highest BCUT2D eigenvalue weighted by atomic mass is 19.4. The molecule has 0 bridgehead atoms. The summed E-state index contributed by atoms with van der Waals surface area (Å²) >= 11 is 0. The molecule has 1 aromatic carbocycles. The molecule has 0 atom stereocenters. The second-order valence-corrected chi connectivity index (χ2v) is 4.91. The summed E-state index contributed by atoms with van der Waals surface area (Å²) < 4.78 is 42.5. The van der Waals surface area contributed by atoms with Gasteiger partial charge in [-0.05, 0) is 25.0 Å². The summed E-state index contributed by atoms with van der Waals surface area (Å²) in [5, 5.41) is 7.20. The van der Waals surface area contributed by atoms with Crippen molar-refractivity contribution in [1.82, 2.24) is 10.5 Å². The van der Waals surface area contributed by atoms with Gasteiger partial charge in [0.15, 0.2) is 5.76 Å². The SMILES string of the molecule is FC(F)(F)c1ccc(-c2cc(CNC3CC3)no2)cc1. The third kappa shape index (κ3) is 3.01. The van der Waals surface area contributed by atoms with Crippen molar-refractivity contribution >= 4 is 0 Å². The summed E-state index contributed by atoms with van der Waals surface area (Å²) in [7, 11) is 0. The minimum absolute atomic E-state index is 0.478. The second kappa shape index (κ2) is 4.94. The molecule has 0 spiro atoms. The molecule has 0 radical (unpaired) electrons. The van der Waals surface area contributed by atoms with Gasteiger partial charge in [-0.15, -0.1) is 0 Å². The standard InChI is InChI=1S/C14H13F3N2O/c15-14(16,17)10-3-1-9(2-4-10)13-7-12(19-20-13)8-18-11-5-6-11/h1-4,7,11,18H,5-6,8H2. The van der Waals surface area contributed by atoms with Crippen molar-refractivity contribution in [3.05, 3.63) is 41.6 Å². The topological polar surface area (TPSA) is 38.1 Å². The van der Waals surface area contributed by atoms with Gasteiger partial charge < -0.3 is 9.84 Å². The highest BCUT2D eigenvalue weighted by Crippen LogP contribution is 2.31. The van der Waals surface area contributed by atoms with Crippen LogP contribution in [0.2, 0.25) is 0 Å². The van der Waals surface area contributed by atoms with Crippen molar-refractivity contribution in [3.8, 4) is 11.3 Å². The number of halogens is 3. The minimum Gasteiger partial charge on any atom is -0.356 e. The van der Waals surface area contributed by atoms with Crippen LogP contribution in [0.1, 0.15) is 24.1 Å². The van der Waals surface area contributed by atoms with Crippen LogP contribution in [-0.4, -0.2) is 11.2 Å². The highest BCUT2D eigenvalue weighted by Gasteiger charge is 2.30. The summed E-state index contributed by atoms with van der Waals surface area (Å²) in [6.07, 6.45) is -1.95. The lowest BCUT2D eigenvalue weighted by molar-refractivity contribution is -0.137. The number of benzene rings is 1. The molecule has 1 saturated carbocycles. The van der Waals surface area contributed by atoms with Crippen molar-refractivity contribution in [2.45, 2.75) is 31.6 Å². The van der Waals surface area contributed by atoms with Crippen LogP contribution < -0.4 is 5.32 Å². The molecule has 2 aromatic rings. The van der Waals surface area contributed by atoms with Gasteiger partial charge in [-0.2, -0.15) is 13.2 Å². The molecular formula is C14H13F3N2O. The van der Waals surface area contributed by atoms with E-state index in [1.807, 2.05) is 0 Å². The zero-order chi connectivity index (χ0) is 14.2. The molecule has 0 unspecified atom stereocenters. The lowest BCUT2D eigenvalue weighted by atomic mass is 10.1. The lowest BCUT2D eigenvalue weighted by Gasteiger charge is -2.06. The molecule has 6 heteroatoms. The number of aromatic nitrogens is 1. The van der Waals surface area contributed by atoms with Gasteiger partial charge in [-0.3, -0.25) is 0 Å². The first-order valence-electron chi connectivity index (χ1n) is 6.39. The smallest absolute Gasteiger partial charge is 0.356 e. The minimum atomic E-state index is -4.32. The van der Waals surface area contributed by atoms with Gasteiger partial charge in [0.05, 0.1) is 11.3 Å². The van der Waals surface area contributed by atoms with Crippen LogP contribution >= 0.6 is 0 Å². The Balaban J connectivity index is 1.71. The van der Waals surface area contributed by atoms with Gasteiger partial charge in [-0.1, -0.05) is 17.3 Å². The second-order valence-electron chi connectivity index (χ2n) is 4.91. The number of alkyl halides is 3. The summed E-state index contributed by atoms with van der Waals surface area (Å²) in [4.78, 5) is 0. The number of nitrogens with zero attached hydrogens (tertiary/aromatic N) is 1. The van der Waals surface area contributed by atoms with E-state index in [0.717, 1.165) is 17.8 Å². The Kier molecular flexibility index (Phi) is 3.25. The largest absolute Gasteiger partial charge is 0.416 e. The van der Waals surface area contributed by atoms with E-state index in [1.54, 1.807) is 6.07 Å². The Hall–Kier alpha value is -1.82. The Morgan fingerprint density at radius 2 is 1.90 bits per heavy atom. The fraction of sp³-hybridized carbons (Fsp3) is 0.357. The van der Waals surface area contributed by atoms with Gasteiger partial charge >= 0.3 is 6.18 Å². The molecule has 0 saturated heterocycles. The van der Waals surface area contributed by atoms with Gasteiger partial charge in [0.2, 0.25) is 0 Å². The molecule has 1 N–H and O–H groups in total. The van der Waals surface area contributed by atoms with Crippen molar-refractivity contribution in [2.75, 3.05) is 0 Å². The number of nitrogens with one attached hydrogen (secondary N) is 1. The Bertz CT molecular complexity index is 585. The predicted molar refractivity (Wildman–Crippen MR) is 66.8 cm³/mol. The van der Waals surface area contributed by atoms with Crippen LogP contribution in [0.5, 0.6) is 0 Å². The molecule has 1 fully saturated rings.